The van der Waals surface area contributed by atoms with E-state index >= 15 is 0 Å². The molecule has 2 rings (SSSR count). The van der Waals surface area contributed by atoms with Gasteiger partial charge >= 0.3 is 5.97 Å². The number of carboxylic acid groups (broad SMARTS) is 1. The van der Waals surface area contributed by atoms with Crippen molar-refractivity contribution in [1.82, 2.24) is 4.98 Å². The lowest BCUT2D eigenvalue weighted by Gasteiger charge is -2.08. The van der Waals surface area contributed by atoms with E-state index in [1.807, 2.05) is 31.2 Å². The number of nitrogens with zero attached hydrogens (tertiary/aromatic N) is 1. The van der Waals surface area contributed by atoms with Crippen molar-refractivity contribution in [1.29, 1.82) is 0 Å². The zero-order chi connectivity index (χ0) is 15.2. The molecule has 1 amide bonds. The molecule has 1 aromatic carbocycles. The first-order valence-electron chi connectivity index (χ1n) is 6.24. The van der Waals surface area contributed by atoms with Crippen molar-refractivity contribution in [3.63, 3.8) is 0 Å². The summed E-state index contributed by atoms with van der Waals surface area (Å²) in [5.41, 5.74) is 1.15. The van der Waals surface area contributed by atoms with E-state index in [1.54, 1.807) is 6.07 Å². The number of amides is 1. The third kappa shape index (κ3) is 4.06. The van der Waals surface area contributed by atoms with Crippen LogP contribution in [0.3, 0.4) is 0 Å². The highest BCUT2D eigenvalue weighted by molar-refractivity contribution is 8.00. The quantitative estimate of drug-likeness (QED) is 0.830. The first kappa shape index (κ1) is 15.1. The monoisotopic (exact) mass is 302 g/mol. The number of aryl methyl sites for hydroxylation is 1. The van der Waals surface area contributed by atoms with E-state index in [2.05, 4.69) is 10.3 Å². The first-order valence-corrected chi connectivity index (χ1v) is 7.23. The number of nitrogens with one attached hydrogen (secondary N) is 1. The van der Waals surface area contributed by atoms with E-state index in [-0.39, 0.29) is 23.0 Å². The largest absolute Gasteiger partial charge is 0.476 e. The second kappa shape index (κ2) is 6.90. The summed E-state index contributed by atoms with van der Waals surface area (Å²) >= 11 is 1.41. The summed E-state index contributed by atoms with van der Waals surface area (Å²) in [5.74, 6) is -1.23. The van der Waals surface area contributed by atoms with Crippen LogP contribution in [0.2, 0.25) is 0 Å². The standard InChI is InChI=1S/C15H14N2O3S/c1-10-5-2-3-7-12(10)21-9-13(18)17-11-6-4-8-16-14(11)15(19)20/h2-8H,9H2,1H3,(H,17,18)(H,19,20). The molecular weight excluding hydrogens is 288 g/mol. The van der Waals surface area contributed by atoms with Crippen LogP contribution < -0.4 is 5.32 Å². The summed E-state index contributed by atoms with van der Waals surface area (Å²) in [6, 6.07) is 10.9. The van der Waals surface area contributed by atoms with Gasteiger partial charge in [-0.2, -0.15) is 0 Å². The van der Waals surface area contributed by atoms with Crippen molar-refractivity contribution in [2.75, 3.05) is 11.1 Å². The zero-order valence-corrected chi connectivity index (χ0v) is 12.2. The Balaban J connectivity index is 2.00. The van der Waals surface area contributed by atoms with Gasteiger partial charge in [-0.15, -0.1) is 11.8 Å². The number of aromatic carboxylic acids is 1. The Kier molecular flexibility index (Phi) is 4.94. The highest BCUT2D eigenvalue weighted by Crippen LogP contribution is 2.22. The van der Waals surface area contributed by atoms with Gasteiger partial charge in [-0.25, -0.2) is 9.78 Å². The summed E-state index contributed by atoms with van der Waals surface area (Å²) < 4.78 is 0. The summed E-state index contributed by atoms with van der Waals surface area (Å²) in [5, 5.41) is 11.6. The van der Waals surface area contributed by atoms with Gasteiger partial charge in [0.05, 0.1) is 11.4 Å². The molecule has 0 aliphatic carbocycles. The highest BCUT2D eigenvalue weighted by Gasteiger charge is 2.13. The predicted octanol–water partition coefficient (Wildman–Crippen LogP) is 2.82. The molecule has 0 aliphatic heterocycles. The fourth-order valence-electron chi connectivity index (χ4n) is 1.72. The fraction of sp³-hybridized carbons (Fsp3) is 0.133. The lowest BCUT2D eigenvalue weighted by atomic mass is 10.2. The third-order valence-corrected chi connectivity index (χ3v) is 3.91. The first-order chi connectivity index (χ1) is 10.1. The van der Waals surface area contributed by atoms with Crippen LogP contribution >= 0.6 is 11.8 Å². The van der Waals surface area contributed by atoms with E-state index < -0.39 is 5.97 Å². The molecule has 0 aliphatic rings. The Morgan fingerprint density at radius 1 is 1.24 bits per heavy atom. The van der Waals surface area contributed by atoms with E-state index in [4.69, 9.17) is 5.11 Å². The van der Waals surface area contributed by atoms with Crippen LogP contribution in [-0.2, 0) is 4.79 Å². The van der Waals surface area contributed by atoms with Crippen molar-refractivity contribution < 1.29 is 14.7 Å². The summed E-state index contributed by atoms with van der Waals surface area (Å²) in [7, 11) is 0. The molecule has 108 valence electrons. The maximum Gasteiger partial charge on any atom is 0.356 e. The molecule has 21 heavy (non-hydrogen) atoms. The van der Waals surface area contributed by atoms with Gasteiger partial charge in [0.1, 0.15) is 0 Å². The SMILES string of the molecule is Cc1ccccc1SCC(=O)Nc1cccnc1C(=O)O. The molecule has 2 aromatic rings. The zero-order valence-electron chi connectivity index (χ0n) is 11.4. The second-order valence-electron chi connectivity index (χ2n) is 4.31. The van der Waals surface area contributed by atoms with Gasteiger partial charge in [-0.1, -0.05) is 18.2 Å². The molecular formula is C15H14N2O3S. The number of carboxylic acids is 1. The Bertz CT molecular complexity index is 673. The molecule has 2 N–H and O–H groups in total. The van der Waals surface area contributed by atoms with Crippen molar-refractivity contribution in [3.8, 4) is 0 Å². The highest BCUT2D eigenvalue weighted by atomic mass is 32.2. The predicted molar refractivity (Wildman–Crippen MR) is 81.7 cm³/mol. The Morgan fingerprint density at radius 3 is 2.71 bits per heavy atom. The van der Waals surface area contributed by atoms with Crippen LogP contribution in [0.25, 0.3) is 0 Å². The Labute approximate surface area is 126 Å². The topological polar surface area (TPSA) is 79.3 Å². The molecule has 1 heterocycles. The minimum Gasteiger partial charge on any atom is -0.476 e. The number of benzene rings is 1. The van der Waals surface area contributed by atoms with E-state index in [1.165, 1.54) is 24.0 Å². The number of carbonyl (C=O) groups is 2. The molecule has 0 unspecified atom stereocenters. The third-order valence-electron chi connectivity index (χ3n) is 2.74. The lowest BCUT2D eigenvalue weighted by molar-refractivity contribution is -0.113. The van der Waals surface area contributed by atoms with E-state index in [0.717, 1.165) is 10.5 Å². The number of aromatic nitrogens is 1. The van der Waals surface area contributed by atoms with Gasteiger partial charge in [-0.3, -0.25) is 4.79 Å². The maximum absolute atomic E-state index is 11.9. The van der Waals surface area contributed by atoms with E-state index in [9.17, 15) is 9.59 Å². The van der Waals surface area contributed by atoms with Gasteiger partial charge in [0.15, 0.2) is 5.69 Å². The maximum atomic E-state index is 11.9. The second-order valence-corrected chi connectivity index (χ2v) is 5.32. The molecule has 0 atom stereocenters. The van der Waals surface area contributed by atoms with Gasteiger partial charge in [-0.05, 0) is 30.7 Å². The average Bonchev–Trinajstić information content (AvgIpc) is 2.47. The van der Waals surface area contributed by atoms with Crippen molar-refractivity contribution in [3.05, 3.63) is 53.9 Å². The van der Waals surface area contributed by atoms with Gasteiger partial charge in [0, 0.05) is 11.1 Å². The minimum absolute atomic E-state index is 0.160. The van der Waals surface area contributed by atoms with Gasteiger partial charge in [0.2, 0.25) is 5.91 Å². The Hall–Kier alpha value is -2.34. The van der Waals surface area contributed by atoms with Crippen LogP contribution in [-0.4, -0.2) is 27.7 Å². The lowest BCUT2D eigenvalue weighted by Crippen LogP contribution is -2.17. The summed E-state index contributed by atoms with van der Waals surface area (Å²) in [4.78, 5) is 27.7. The van der Waals surface area contributed by atoms with Gasteiger partial charge < -0.3 is 10.4 Å². The molecule has 5 nitrogen and oxygen atoms in total. The molecule has 0 saturated carbocycles. The van der Waals surface area contributed by atoms with Crippen LogP contribution in [0, 0.1) is 6.92 Å². The smallest absolute Gasteiger partial charge is 0.356 e. The van der Waals surface area contributed by atoms with Crippen LogP contribution in [0.5, 0.6) is 0 Å². The number of hydrogen-bond donors (Lipinski definition) is 2. The number of rotatable bonds is 5. The molecule has 0 fully saturated rings. The molecule has 0 spiro atoms. The Morgan fingerprint density at radius 2 is 2.00 bits per heavy atom. The molecule has 6 heteroatoms. The number of anilines is 1. The van der Waals surface area contributed by atoms with E-state index in [0.29, 0.717) is 0 Å². The minimum atomic E-state index is -1.17. The number of hydrogen-bond acceptors (Lipinski definition) is 4. The van der Waals surface area contributed by atoms with Crippen molar-refractivity contribution >= 4 is 29.3 Å². The van der Waals surface area contributed by atoms with Gasteiger partial charge in [0.25, 0.3) is 0 Å². The average molecular weight is 302 g/mol. The molecule has 0 bridgehead atoms. The number of pyridine rings is 1. The normalized spacial score (nSPS) is 10.1. The van der Waals surface area contributed by atoms with Crippen molar-refractivity contribution in [2.45, 2.75) is 11.8 Å². The van der Waals surface area contributed by atoms with Crippen LogP contribution in [0.15, 0.2) is 47.5 Å². The number of thioether (sulfide) groups is 1. The van der Waals surface area contributed by atoms with Crippen LogP contribution in [0.4, 0.5) is 5.69 Å². The molecule has 0 radical (unpaired) electrons. The van der Waals surface area contributed by atoms with Crippen LogP contribution in [0.1, 0.15) is 16.1 Å². The fourth-order valence-corrected chi connectivity index (χ4v) is 2.55. The molecule has 1 aromatic heterocycles. The van der Waals surface area contributed by atoms with Crippen molar-refractivity contribution in [2.24, 2.45) is 0 Å². The summed E-state index contributed by atoms with van der Waals surface area (Å²) in [6.45, 7) is 1.98. The number of carbonyl (C=O) groups excluding carboxylic acids is 1. The summed E-state index contributed by atoms with van der Waals surface area (Å²) in [6.07, 6.45) is 1.38. The molecule has 0 saturated heterocycles.